The van der Waals surface area contributed by atoms with Gasteiger partial charge in [-0.05, 0) is 37.1 Å². The lowest BCUT2D eigenvalue weighted by atomic mass is 9.69. The summed E-state index contributed by atoms with van der Waals surface area (Å²) in [7, 11) is 0. The maximum Gasteiger partial charge on any atom is 0.0622 e. The summed E-state index contributed by atoms with van der Waals surface area (Å²) in [6.45, 7) is 13.5. The van der Waals surface area contributed by atoms with Crippen molar-refractivity contribution in [2.45, 2.75) is 58.9 Å². The lowest BCUT2D eigenvalue weighted by molar-refractivity contribution is -0.0375. The Labute approximate surface area is 125 Å². The van der Waals surface area contributed by atoms with Crippen LogP contribution in [-0.2, 0) is 4.74 Å². The largest absolute Gasteiger partial charge is 0.378 e. The first kappa shape index (κ1) is 16.3. The zero-order valence-electron chi connectivity index (χ0n) is 13.8. The van der Waals surface area contributed by atoms with E-state index >= 15 is 0 Å². The second-order valence-electron chi connectivity index (χ2n) is 7.09. The van der Waals surface area contributed by atoms with Crippen molar-refractivity contribution in [1.82, 2.24) is 10.2 Å². The van der Waals surface area contributed by atoms with Crippen LogP contribution in [0.4, 0.5) is 0 Å². The normalized spacial score (nSPS) is 36.1. The van der Waals surface area contributed by atoms with Crippen LogP contribution in [0.3, 0.4) is 0 Å². The van der Waals surface area contributed by atoms with Crippen molar-refractivity contribution in [3.63, 3.8) is 0 Å². The lowest BCUT2D eigenvalue weighted by Gasteiger charge is -2.46. The third-order valence-electron chi connectivity index (χ3n) is 5.29. The summed E-state index contributed by atoms with van der Waals surface area (Å²) in [6, 6.07) is 0.638. The van der Waals surface area contributed by atoms with Gasteiger partial charge in [-0.2, -0.15) is 0 Å². The van der Waals surface area contributed by atoms with Gasteiger partial charge in [-0.3, -0.25) is 4.90 Å². The molecule has 1 saturated carbocycles. The Hall–Kier alpha value is -0.120. The third-order valence-corrected chi connectivity index (χ3v) is 5.29. The molecule has 1 aliphatic heterocycles. The van der Waals surface area contributed by atoms with E-state index < -0.39 is 0 Å². The quantitative estimate of drug-likeness (QED) is 0.811. The molecule has 3 heteroatoms. The van der Waals surface area contributed by atoms with E-state index in [4.69, 9.17) is 4.74 Å². The predicted molar refractivity (Wildman–Crippen MR) is 85.1 cm³/mol. The number of nitrogens with one attached hydrogen (secondary N) is 1. The maximum atomic E-state index is 5.67. The van der Waals surface area contributed by atoms with Gasteiger partial charge >= 0.3 is 0 Å². The van der Waals surface area contributed by atoms with Gasteiger partial charge in [-0.15, -0.1) is 0 Å². The van der Waals surface area contributed by atoms with Crippen molar-refractivity contribution >= 4 is 0 Å². The van der Waals surface area contributed by atoms with E-state index in [2.05, 4.69) is 31.0 Å². The highest BCUT2D eigenvalue weighted by Gasteiger charge is 2.38. The Bertz CT molecular complexity index is 284. The second-order valence-corrected chi connectivity index (χ2v) is 7.09. The van der Waals surface area contributed by atoms with Crippen LogP contribution in [0.5, 0.6) is 0 Å². The van der Waals surface area contributed by atoms with Crippen LogP contribution in [0.15, 0.2) is 0 Å². The molecule has 2 rings (SSSR count). The minimum atomic E-state index is 0.498. The highest BCUT2D eigenvalue weighted by molar-refractivity contribution is 4.91. The lowest BCUT2D eigenvalue weighted by Crippen LogP contribution is -2.53. The summed E-state index contributed by atoms with van der Waals surface area (Å²) < 4.78 is 5.67. The van der Waals surface area contributed by atoms with Crippen LogP contribution < -0.4 is 5.32 Å². The highest BCUT2D eigenvalue weighted by Crippen LogP contribution is 2.40. The fourth-order valence-corrected chi connectivity index (χ4v) is 4.22. The molecular formula is C17H34N2O. The Morgan fingerprint density at radius 1 is 1.35 bits per heavy atom. The van der Waals surface area contributed by atoms with Crippen molar-refractivity contribution in [1.29, 1.82) is 0 Å². The van der Waals surface area contributed by atoms with Crippen molar-refractivity contribution in [2.24, 2.45) is 11.3 Å². The molecule has 0 radical (unpaired) electrons. The standard InChI is InChI=1S/C17H34N2O/c1-4-16-12-20-10-9-19(16)14-17(13-18-5-2)8-6-7-15(3)11-17/h15-16,18H,4-14H2,1-3H3. The zero-order valence-corrected chi connectivity index (χ0v) is 13.8. The monoisotopic (exact) mass is 282 g/mol. The number of hydrogen-bond donors (Lipinski definition) is 1. The summed E-state index contributed by atoms with van der Waals surface area (Å²) in [5.74, 6) is 0.892. The molecule has 0 bridgehead atoms. The molecule has 1 N–H and O–H groups in total. The number of hydrogen-bond acceptors (Lipinski definition) is 3. The molecule has 3 atom stereocenters. The van der Waals surface area contributed by atoms with Crippen LogP contribution in [0, 0.1) is 11.3 Å². The second kappa shape index (κ2) is 7.77. The van der Waals surface area contributed by atoms with Crippen molar-refractivity contribution in [2.75, 3.05) is 39.4 Å². The first-order chi connectivity index (χ1) is 9.69. The van der Waals surface area contributed by atoms with E-state index in [0.29, 0.717) is 11.5 Å². The van der Waals surface area contributed by atoms with Gasteiger partial charge in [0.2, 0.25) is 0 Å². The fourth-order valence-electron chi connectivity index (χ4n) is 4.22. The highest BCUT2D eigenvalue weighted by atomic mass is 16.5. The zero-order chi connectivity index (χ0) is 14.4. The van der Waals surface area contributed by atoms with Crippen molar-refractivity contribution in [3.8, 4) is 0 Å². The predicted octanol–water partition coefficient (Wildman–Crippen LogP) is 2.90. The van der Waals surface area contributed by atoms with Gasteiger partial charge in [0.1, 0.15) is 0 Å². The molecule has 3 unspecified atom stereocenters. The van der Waals surface area contributed by atoms with Crippen LogP contribution in [0.1, 0.15) is 52.9 Å². The van der Waals surface area contributed by atoms with E-state index in [1.54, 1.807) is 0 Å². The van der Waals surface area contributed by atoms with Crippen molar-refractivity contribution < 1.29 is 4.74 Å². The van der Waals surface area contributed by atoms with Crippen LogP contribution in [0.2, 0.25) is 0 Å². The fraction of sp³-hybridized carbons (Fsp3) is 1.00. The molecule has 1 aliphatic carbocycles. The van der Waals surface area contributed by atoms with E-state index in [-0.39, 0.29) is 0 Å². The van der Waals surface area contributed by atoms with Gasteiger partial charge in [0.25, 0.3) is 0 Å². The van der Waals surface area contributed by atoms with Gasteiger partial charge in [0.05, 0.1) is 13.2 Å². The molecule has 2 aliphatic rings. The summed E-state index contributed by atoms with van der Waals surface area (Å²) in [4.78, 5) is 2.72. The van der Waals surface area contributed by atoms with E-state index in [1.807, 2.05) is 0 Å². The number of rotatable bonds is 6. The smallest absolute Gasteiger partial charge is 0.0622 e. The topological polar surface area (TPSA) is 24.5 Å². The first-order valence-electron chi connectivity index (χ1n) is 8.71. The molecule has 20 heavy (non-hydrogen) atoms. The van der Waals surface area contributed by atoms with Gasteiger partial charge in [-0.25, -0.2) is 0 Å². The summed E-state index contributed by atoms with van der Waals surface area (Å²) >= 11 is 0. The van der Waals surface area contributed by atoms with E-state index in [0.717, 1.165) is 32.2 Å². The van der Waals surface area contributed by atoms with E-state index in [9.17, 15) is 0 Å². The molecule has 0 aromatic rings. The number of ether oxygens (including phenoxy) is 1. The molecule has 0 aromatic carbocycles. The molecule has 0 amide bonds. The molecule has 0 spiro atoms. The van der Waals surface area contributed by atoms with Gasteiger partial charge in [0, 0.05) is 25.7 Å². The average molecular weight is 282 g/mol. The van der Waals surface area contributed by atoms with Crippen LogP contribution in [-0.4, -0.2) is 50.3 Å². The van der Waals surface area contributed by atoms with Crippen molar-refractivity contribution in [3.05, 3.63) is 0 Å². The molecule has 2 fully saturated rings. The minimum Gasteiger partial charge on any atom is -0.378 e. The summed E-state index contributed by atoms with van der Waals surface area (Å²) in [5.41, 5.74) is 0.498. The Morgan fingerprint density at radius 3 is 2.90 bits per heavy atom. The molecule has 1 heterocycles. The van der Waals surface area contributed by atoms with Gasteiger partial charge in [0.15, 0.2) is 0 Å². The van der Waals surface area contributed by atoms with Gasteiger partial charge in [-0.1, -0.05) is 33.6 Å². The molecular weight excluding hydrogens is 248 g/mol. The van der Waals surface area contributed by atoms with Crippen LogP contribution in [0.25, 0.3) is 0 Å². The van der Waals surface area contributed by atoms with Gasteiger partial charge < -0.3 is 10.1 Å². The van der Waals surface area contributed by atoms with E-state index in [1.165, 1.54) is 45.2 Å². The molecule has 1 saturated heterocycles. The Morgan fingerprint density at radius 2 is 2.20 bits per heavy atom. The average Bonchev–Trinajstić information content (AvgIpc) is 2.46. The third kappa shape index (κ3) is 4.19. The number of nitrogens with zero attached hydrogens (tertiary/aromatic N) is 1. The first-order valence-corrected chi connectivity index (χ1v) is 8.71. The maximum absolute atomic E-state index is 5.67. The molecule has 118 valence electrons. The summed E-state index contributed by atoms with van der Waals surface area (Å²) in [5, 5.41) is 3.64. The summed E-state index contributed by atoms with van der Waals surface area (Å²) in [6.07, 6.45) is 6.85. The van der Waals surface area contributed by atoms with Crippen LogP contribution >= 0.6 is 0 Å². The molecule has 3 nitrogen and oxygen atoms in total. The SMILES string of the molecule is CCNCC1(CN2CCOCC2CC)CCCC(C)C1. The minimum absolute atomic E-state index is 0.498. The Kier molecular flexibility index (Phi) is 6.31. The Balaban J connectivity index is 2.01. The molecule has 0 aromatic heterocycles. The number of morpholine rings is 1.